The van der Waals surface area contributed by atoms with Crippen LogP contribution in [0.25, 0.3) is 11.0 Å². The molecule has 3 rings (SSSR count). The summed E-state index contributed by atoms with van der Waals surface area (Å²) in [7, 11) is 0. The number of amides is 2. The highest BCUT2D eigenvalue weighted by atomic mass is 19.1. The lowest BCUT2D eigenvalue weighted by Crippen LogP contribution is -2.15. The molecule has 1 heterocycles. The molecular formula is C17H13FN4O2. The van der Waals surface area contributed by atoms with Gasteiger partial charge in [0.2, 0.25) is 5.91 Å². The number of hydrogen-bond donors (Lipinski definition) is 2. The number of anilines is 2. The van der Waals surface area contributed by atoms with Crippen molar-refractivity contribution in [3.8, 4) is 0 Å². The van der Waals surface area contributed by atoms with E-state index in [0.29, 0.717) is 16.7 Å². The van der Waals surface area contributed by atoms with Crippen LogP contribution in [0.3, 0.4) is 0 Å². The molecule has 2 aromatic carbocycles. The maximum absolute atomic E-state index is 13.9. The summed E-state index contributed by atoms with van der Waals surface area (Å²) in [5, 5.41) is 4.96. The molecular weight excluding hydrogens is 311 g/mol. The van der Waals surface area contributed by atoms with Crippen molar-refractivity contribution < 1.29 is 14.0 Å². The molecule has 24 heavy (non-hydrogen) atoms. The zero-order valence-electron chi connectivity index (χ0n) is 12.7. The van der Waals surface area contributed by atoms with Crippen LogP contribution < -0.4 is 10.6 Å². The number of nitrogens with one attached hydrogen (secondary N) is 2. The van der Waals surface area contributed by atoms with Crippen LogP contribution in [0, 0.1) is 5.82 Å². The number of fused-ring (bicyclic) bond motifs is 1. The number of rotatable bonds is 3. The van der Waals surface area contributed by atoms with Gasteiger partial charge in [-0.3, -0.25) is 14.6 Å². The summed E-state index contributed by atoms with van der Waals surface area (Å²) in [6, 6.07) is 11.0. The zero-order valence-corrected chi connectivity index (χ0v) is 12.7. The molecule has 0 aliphatic carbocycles. The van der Waals surface area contributed by atoms with Gasteiger partial charge in [-0.2, -0.15) is 0 Å². The average molecular weight is 324 g/mol. The Morgan fingerprint density at radius 3 is 2.54 bits per heavy atom. The van der Waals surface area contributed by atoms with E-state index >= 15 is 0 Å². The van der Waals surface area contributed by atoms with E-state index in [1.807, 2.05) is 6.07 Å². The van der Waals surface area contributed by atoms with Crippen molar-refractivity contribution in [2.45, 2.75) is 6.92 Å². The van der Waals surface area contributed by atoms with Gasteiger partial charge in [0.05, 0.1) is 22.9 Å². The summed E-state index contributed by atoms with van der Waals surface area (Å²) in [5.41, 5.74) is 1.62. The topological polar surface area (TPSA) is 84.0 Å². The van der Waals surface area contributed by atoms with Gasteiger partial charge < -0.3 is 10.6 Å². The lowest BCUT2D eigenvalue weighted by atomic mass is 10.2. The van der Waals surface area contributed by atoms with Crippen LogP contribution in [0.2, 0.25) is 0 Å². The van der Waals surface area contributed by atoms with Crippen molar-refractivity contribution in [2.75, 3.05) is 10.6 Å². The predicted molar refractivity (Wildman–Crippen MR) is 88.2 cm³/mol. The summed E-state index contributed by atoms with van der Waals surface area (Å²) in [5.74, 6) is -1.50. The molecule has 0 atom stereocenters. The fraction of sp³-hybridized carbons (Fsp3) is 0.0588. The minimum absolute atomic E-state index is 0.0544. The van der Waals surface area contributed by atoms with Crippen LogP contribution in [0.1, 0.15) is 17.4 Å². The lowest BCUT2D eigenvalue weighted by molar-refractivity contribution is -0.114. The molecule has 6 nitrogen and oxygen atoms in total. The standard InChI is InChI=1S/C17H13FN4O2/c1-10(23)20-11-6-7-12(18)15(8-11)22-17(24)16-9-19-13-4-2-3-5-14(13)21-16/h2-9H,1H3,(H,20,23)(H,22,24). The van der Waals surface area contributed by atoms with Gasteiger partial charge in [-0.25, -0.2) is 9.37 Å². The van der Waals surface area contributed by atoms with E-state index < -0.39 is 11.7 Å². The van der Waals surface area contributed by atoms with Gasteiger partial charge in [-0.15, -0.1) is 0 Å². The zero-order chi connectivity index (χ0) is 17.1. The summed E-state index contributed by atoms with van der Waals surface area (Å²) in [6.45, 7) is 1.34. The number of para-hydroxylation sites is 2. The molecule has 2 N–H and O–H groups in total. The Bertz CT molecular complexity index is 943. The monoisotopic (exact) mass is 324 g/mol. The predicted octanol–water partition coefficient (Wildman–Crippen LogP) is 2.98. The molecule has 0 radical (unpaired) electrons. The molecule has 3 aromatic rings. The number of aromatic nitrogens is 2. The summed E-state index contributed by atoms with van der Waals surface area (Å²) in [6.07, 6.45) is 1.33. The largest absolute Gasteiger partial charge is 0.326 e. The number of halogens is 1. The Hall–Kier alpha value is -3.35. The van der Waals surface area contributed by atoms with E-state index in [4.69, 9.17) is 0 Å². The van der Waals surface area contributed by atoms with Crippen molar-refractivity contribution in [1.29, 1.82) is 0 Å². The van der Waals surface area contributed by atoms with Crippen LogP contribution in [-0.2, 0) is 4.79 Å². The fourth-order valence-corrected chi connectivity index (χ4v) is 2.16. The maximum Gasteiger partial charge on any atom is 0.275 e. The van der Waals surface area contributed by atoms with E-state index in [2.05, 4.69) is 20.6 Å². The first-order valence-electron chi connectivity index (χ1n) is 7.13. The highest BCUT2D eigenvalue weighted by Gasteiger charge is 2.13. The molecule has 0 spiro atoms. The molecule has 0 unspecified atom stereocenters. The molecule has 1 aromatic heterocycles. The van der Waals surface area contributed by atoms with Crippen molar-refractivity contribution in [2.24, 2.45) is 0 Å². The van der Waals surface area contributed by atoms with Crippen LogP contribution in [0.15, 0.2) is 48.7 Å². The summed E-state index contributed by atoms with van der Waals surface area (Å²) in [4.78, 5) is 31.7. The minimum atomic E-state index is -0.619. The molecule has 0 aliphatic heterocycles. The van der Waals surface area contributed by atoms with Crippen LogP contribution in [-0.4, -0.2) is 21.8 Å². The normalized spacial score (nSPS) is 10.4. The molecule has 0 bridgehead atoms. The van der Waals surface area contributed by atoms with Crippen molar-refractivity contribution >= 4 is 34.2 Å². The number of nitrogens with zero attached hydrogens (tertiary/aromatic N) is 2. The Morgan fingerprint density at radius 1 is 1.04 bits per heavy atom. The van der Waals surface area contributed by atoms with Gasteiger partial charge in [0.1, 0.15) is 11.5 Å². The quantitative estimate of drug-likeness (QED) is 0.776. The Kier molecular flexibility index (Phi) is 4.15. The van der Waals surface area contributed by atoms with E-state index in [9.17, 15) is 14.0 Å². The second-order valence-corrected chi connectivity index (χ2v) is 5.07. The summed E-state index contributed by atoms with van der Waals surface area (Å²) < 4.78 is 13.9. The number of carbonyl (C=O) groups is 2. The SMILES string of the molecule is CC(=O)Nc1ccc(F)c(NC(=O)c2cnc3ccccc3n2)c1. The third-order valence-corrected chi connectivity index (χ3v) is 3.22. The lowest BCUT2D eigenvalue weighted by Gasteiger charge is -2.09. The van der Waals surface area contributed by atoms with Gasteiger partial charge in [0, 0.05) is 12.6 Å². The molecule has 0 saturated heterocycles. The van der Waals surface area contributed by atoms with Gasteiger partial charge in [0.15, 0.2) is 0 Å². The maximum atomic E-state index is 13.9. The number of hydrogen-bond acceptors (Lipinski definition) is 4. The average Bonchev–Trinajstić information content (AvgIpc) is 2.57. The Morgan fingerprint density at radius 2 is 1.79 bits per heavy atom. The fourth-order valence-electron chi connectivity index (χ4n) is 2.16. The van der Waals surface area contributed by atoms with E-state index in [1.54, 1.807) is 18.2 Å². The molecule has 7 heteroatoms. The van der Waals surface area contributed by atoms with Crippen molar-refractivity contribution in [1.82, 2.24) is 9.97 Å². The third kappa shape index (κ3) is 3.35. The molecule has 0 fully saturated rings. The van der Waals surface area contributed by atoms with Gasteiger partial charge in [0.25, 0.3) is 5.91 Å². The van der Waals surface area contributed by atoms with E-state index in [1.165, 1.54) is 25.3 Å². The second-order valence-electron chi connectivity index (χ2n) is 5.07. The second kappa shape index (κ2) is 6.41. The van der Waals surface area contributed by atoms with Gasteiger partial charge in [-0.05, 0) is 30.3 Å². The third-order valence-electron chi connectivity index (χ3n) is 3.22. The number of carbonyl (C=O) groups excluding carboxylic acids is 2. The smallest absolute Gasteiger partial charge is 0.275 e. The molecule has 0 saturated carbocycles. The summed E-state index contributed by atoms with van der Waals surface area (Å²) >= 11 is 0. The highest BCUT2D eigenvalue weighted by molar-refractivity contribution is 6.04. The van der Waals surface area contributed by atoms with Crippen molar-refractivity contribution in [3.63, 3.8) is 0 Å². The first-order valence-corrected chi connectivity index (χ1v) is 7.13. The van der Waals surface area contributed by atoms with Crippen LogP contribution in [0.4, 0.5) is 15.8 Å². The van der Waals surface area contributed by atoms with Crippen molar-refractivity contribution in [3.05, 3.63) is 60.2 Å². The first-order chi connectivity index (χ1) is 11.5. The molecule has 2 amide bonds. The molecule has 0 aliphatic rings. The van der Waals surface area contributed by atoms with Gasteiger partial charge >= 0.3 is 0 Å². The molecule has 120 valence electrons. The van der Waals surface area contributed by atoms with E-state index in [-0.39, 0.29) is 17.3 Å². The Balaban J connectivity index is 1.86. The van der Waals surface area contributed by atoms with E-state index in [0.717, 1.165) is 6.07 Å². The highest BCUT2D eigenvalue weighted by Crippen LogP contribution is 2.20. The van der Waals surface area contributed by atoms with Crippen LogP contribution >= 0.6 is 0 Å². The van der Waals surface area contributed by atoms with Gasteiger partial charge in [-0.1, -0.05) is 12.1 Å². The minimum Gasteiger partial charge on any atom is -0.326 e. The first kappa shape index (κ1) is 15.5. The Labute approximate surface area is 136 Å². The van der Waals surface area contributed by atoms with Crippen LogP contribution in [0.5, 0.6) is 0 Å². The number of benzene rings is 2.